The van der Waals surface area contributed by atoms with Crippen LogP contribution in [0.15, 0.2) is 22.8 Å². The zero-order valence-corrected chi connectivity index (χ0v) is 11.5. The van der Waals surface area contributed by atoms with Gasteiger partial charge in [0, 0.05) is 19.5 Å². The number of carbonyl (C=O) groups is 1. The van der Waals surface area contributed by atoms with Crippen LogP contribution in [0.3, 0.4) is 0 Å². The standard InChI is InChI=1S/C14H23N3O2/c1-15-7-6-14(18)16-11-12(13-5-4-10-19-13)17-8-2-3-9-17/h4-5,10,12,15H,2-3,6-9,11H2,1H3,(H,16,18). The molecule has 2 rings (SSSR count). The third-order valence-electron chi connectivity index (χ3n) is 3.55. The van der Waals surface area contributed by atoms with Crippen molar-refractivity contribution < 1.29 is 9.21 Å². The Labute approximate surface area is 114 Å². The van der Waals surface area contributed by atoms with E-state index in [1.807, 2.05) is 19.2 Å². The molecule has 0 bridgehead atoms. The molecule has 0 radical (unpaired) electrons. The molecule has 1 unspecified atom stereocenters. The van der Waals surface area contributed by atoms with Crippen molar-refractivity contribution in [1.29, 1.82) is 0 Å². The van der Waals surface area contributed by atoms with Crippen molar-refractivity contribution in [3.05, 3.63) is 24.2 Å². The number of hydrogen-bond donors (Lipinski definition) is 2. The second-order valence-electron chi connectivity index (χ2n) is 4.93. The molecular formula is C14H23N3O2. The Bertz CT molecular complexity index is 372. The van der Waals surface area contributed by atoms with E-state index in [2.05, 4.69) is 15.5 Å². The van der Waals surface area contributed by atoms with Crippen LogP contribution in [0, 0.1) is 0 Å². The van der Waals surface area contributed by atoms with E-state index in [9.17, 15) is 4.79 Å². The fourth-order valence-corrected chi connectivity index (χ4v) is 2.48. The second kappa shape index (κ2) is 7.31. The van der Waals surface area contributed by atoms with E-state index < -0.39 is 0 Å². The summed E-state index contributed by atoms with van der Waals surface area (Å²) >= 11 is 0. The molecule has 106 valence electrons. The quantitative estimate of drug-likeness (QED) is 0.776. The van der Waals surface area contributed by atoms with Crippen molar-refractivity contribution in [2.24, 2.45) is 0 Å². The van der Waals surface area contributed by atoms with Crippen LogP contribution in [0.4, 0.5) is 0 Å². The highest BCUT2D eigenvalue weighted by Crippen LogP contribution is 2.24. The Hall–Kier alpha value is -1.33. The lowest BCUT2D eigenvalue weighted by atomic mass is 10.2. The van der Waals surface area contributed by atoms with Crippen LogP contribution in [0.5, 0.6) is 0 Å². The summed E-state index contributed by atoms with van der Waals surface area (Å²) in [6.07, 6.45) is 4.67. The Morgan fingerprint density at radius 2 is 2.26 bits per heavy atom. The highest BCUT2D eigenvalue weighted by atomic mass is 16.3. The molecule has 1 aromatic rings. The first-order chi connectivity index (χ1) is 9.31. The molecule has 1 aliphatic heterocycles. The maximum Gasteiger partial charge on any atom is 0.221 e. The van der Waals surface area contributed by atoms with E-state index in [0.717, 1.165) is 18.8 Å². The third kappa shape index (κ3) is 4.08. The minimum absolute atomic E-state index is 0.0881. The average Bonchev–Trinajstić information content (AvgIpc) is 3.09. The lowest BCUT2D eigenvalue weighted by molar-refractivity contribution is -0.121. The van der Waals surface area contributed by atoms with Gasteiger partial charge in [0.05, 0.1) is 12.3 Å². The number of likely N-dealkylation sites (tertiary alicyclic amines) is 1. The monoisotopic (exact) mass is 265 g/mol. The lowest BCUT2D eigenvalue weighted by Gasteiger charge is -2.26. The van der Waals surface area contributed by atoms with E-state index in [4.69, 9.17) is 4.42 Å². The van der Waals surface area contributed by atoms with Crippen LogP contribution in [0.2, 0.25) is 0 Å². The number of nitrogens with one attached hydrogen (secondary N) is 2. The molecule has 1 aromatic heterocycles. The Morgan fingerprint density at radius 1 is 1.47 bits per heavy atom. The lowest BCUT2D eigenvalue weighted by Crippen LogP contribution is -2.37. The predicted octanol–water partition coefficient (Wildman–Crippen LogP) is 1.14. The van der Waals surface area contributed by atoms with Crippen LogP contribution in [0.25, 0.3) is 0 Å². The van der Waals surface area contributed by atoms with E-state index in [-0.39, 0.29) is 11.9 Å². The van der Waals surface area contributed by atoms with Gasteiger partial charge in [-0.3, -0.25) is 9.69 Å². The average molecular weight is 265 g/mol. The fraction of sp³-hybridized carbons (Fsp3) is 0.643. The van der Waals surface area contributed by atoms with Gasteiger partial charge in [-0.05, 0) is 45.1 Å². The molecule has 0 spiro atoms. The predicted molar refractivity (Wildman–Crippen MR) is 73.8 cm³/mol. The topological polar surface area (TPSA) is 57.5 Å². The van der Waals surface area contributed by atoms with E-state index in [0.29, 0.717) is 19.5 Å². The zero-order chi connectivity index (χ0) is 13.5. The van der Waals surface area contributed by atoms with Crippen molar-refractivity contribution in [2.45, 2.75) is 25.3 Å². The van der Waals surface area contributed by atoms with Crippen molar-refractivity contribution in [2.75, 3.05) is 33.2 Å². The first-order valence-corrected chi connectivity index (χ1v) is 7.00. The number of amides is 1. The van der Waals surface area contributed by atoms with Crippen LogP contribution in [-0.4, -0.2) is 44.0 Å². The SMILES string of the molecule is CNCCC(=O)NCC(c1ccco1)N1CCCC1. The summed E-state index contributed by atoms with van der Waals surface area (Å²) < 4.78 is 5.52. The van der Waals surface area contributed by atoms with Crippen molar-refractivity contribution >= 4 is 5.91 Å². The van der Waals surface area contributed by atoms with E-state index in [1.54, 1.807) is 6.26 Å². The largest absolute Gasteiger partial charge is 0.468 e. The van der Waals surface area contributed by atoms with Gasteiger partial charge in [0.1, 0.15) is 5.76 Å². The molecule has 0 aliphatic carbocycles. The molecule has 1 atom stereocenters. The van der Waals surface area contributed by atoms with Gasteiger partial charge in [0.25, 0.3) is 0 Å². The molecule has 2 N–H and O–H groups in total. The molecule has 1 saturated heterocycles. The number of hydrogen-bond acceptors (Lipinski definition) is 4. The van der Waals surface area contributed by atoms with Gasteiger partial charge in [0.15, 0.2) is 0 Å². The van der Waals surface area contributed by atoms with Gasteiger partial charge in [0.2, 0.25) is 5.91 Å². The van der Waals surface area contributed by atoms with Gasteiger partial charge >= 0.3 is 0 Å². The maximum atomic E-state index is 11.7. The highest BCUT2D eigenvalue weighted by Gasteiger charge is 2.25. The molecular weight excluding hydrogens is 242 g/mol. The first-order valence-electron chi connectivity index (χ1n) is 7.00. The van der Waals surface area contributed by atoms with Crippen LogP contribution >= 0.6 is 0 Å². The summed E-state index contributed by atoms with van der Waals surface area (Å²) in [7, 11) is 1.85. The third-order valence-corrected chi connectivity index (χ3v) is 3.55. The molecule has 0 aromatic carbocycles. The molecule has 19 heavy (non-hydrogen) atoms. The highest BCUT2D eigenvalue weighted by molar-refractivity contribution is 5.76. The second-order valence-corrected chi connectivity index (χ2v) is 4.93. The van der Waals surface area contributed by atoms with Gasteiger partial charge in [-0.1, -0.05) is 0 Å². The smallest absolute Gasteiger partial charge is 0.221 e. The van der Waals surface area contributed by atoms with Crippen molar-refractivity contribution in [3.8, 4) is 0 Å². The van der Waals surface area contributed by atoms with Gasteiger partial charge in [-0.25, -0.2) is 0 Å². The number of nitrogens with zero attached hydrogens (tertiary/aromatic N) is 1. The van der Waals surface area contributed by atoms with Crippen LogP contribution in [-0.2, 0) is 4.79 Å². The molecule has 0 saturated carbocycles. The Kier molecular flexibility index (Phi) is 5.42. The molecule has 5 nitrogen and oxygen atoms in total. The van der Waals surface area contributed by atoms with Gasteiger partial charge < -0.3 is 15.1 Å². The number of furan rings is 1. The summed E-state index contributed by atoms with van der Waals surface area (Å²) in [6.45, 7) is 3.49. The molecule has 5 heteroatoms. The summed E-state index contributed by atoms with van der Waals surface area (Å²) in [5.41, 5.74) is 0. The van der Waals surface area contributed by atoms with Gasteiger partial charge in [-0.2, -0.15) is 0 Å². The van der Waals surface area contributed by atoms with E-state index in [1.165, 1.54) is 12.8 Å². The Morgan fingerprint density at radius 3 is 2.89 bits per heavy atom. The van der Waals surface area contributed by atoms with Crippen molar-refractivity contribution in [3.63, 3.8) is 0 Å². The summed E-state index contributed by atoms with van der Waals surface area (Å²) in [5.74, 6) is 1.03. The Balaban J connectivity index is 1.89. The maximum absolute atomic E-state index is 11.7. The normalized spacial score (nSPS) is 17.5. The molecule has 1 aliphatic rings. The van der Waals surface area contributed by atoms with E-state index >= 15 is 0 Å². The fourth-order valence-electron chi connectivity index (χ4n) is 2.48. The van der Waals surface area contributed by atoms with Crippen molar-refractivity contribution in [1.82, 2.24) is 15.5 Å². The molecule has 1 amide bonds. The van der Waals surface area contributed by atoms with Crippen LogP contribution < -0.4 is 10.6 Å². The zero-order valence-electron chi connectivity index (χ0n) is 11.5. The summed E-state index contributed by atoms with van der Waals surface area (Å²) in [5, 5.41) is 5.98. The summed E-state index contributed by atoms with van der Waals surface area (Å²) in [6, 6.07) is 4.06. The number of rotatable bonds is 7. The molecule has 2 heterocycles. The number of carbonyl (C=O) groups excluding carboxylic acids is 1. The summed E-state index contributed by atoms with van der Waals surface area (Å²) in [4.78, 5) is 14.1. The molecule has 1 fully saturated rings. The first kappa shape index (κ1) is 14.1. The van der Waals surface area contributed by atoms with Crippen LogP contribution in [0.1, 0.15) is 31.1 Å². The minimum Gasteiger partial charge on any atom is -0.468 e. The minimum atomic E-state index is 0.0881. The van der Waals surface area contributed by atoms with Gasteiger partial charge in [-0.15, -0.1) is 0 Å².